The van der Waals surface area contributed by atoms with Crippen LogP contribution in [0.5, 0.6) is 0 Å². The molecule has 9 heteroatoms. The molecule has 2 aliphatic heterocycles. The first-order chi connectivity index (χ1) is 17.1. The fourth-order valence-electron chi connectivity index (χ4n) is 4.89. The van der Waals surface area contributed by atoms with Crippen LogP contribution in [0, 0.1) is 5.82 Å². The molecule has 178 valence electrons. The van der Waals surface area contributed by atoms with Crippen LogP contribution in [-0.4, -0.2) is 51.5 Å². The van der Waals surface area contributed by atoms with E-state index in [2.05, 4.69) is 38.5 Å². The van der Waals surface area contributed by atoms with Crippen molar-refractivity contribution in [2.45, 2.75) is 19.5 Å². The number of morpholine rings is 1. The molecule has 3 aromatic heterocycles. The molecule has 0 spiro atoms. The van der Waals surface area contributed by atoms with Crippen molar-refractivity contribution >= 4 is 23.1 Å². The molecular weight excluding hydrogens is 447 g/mol. The molecule has 0 saturated carbocycles. The average Bonchev–Trinajstić information content (AvgIpc) is 3.48. The van der Waals surface area contributed by atoms with E-state index in [-0.39, 0.29) is 17.8 Å². The Balaban J connectivity index is 1.29. The fraction of sp³-hybridized carbons (Fsp3) is 0.269. The van der Waals surface area contributed by atoms with Gasteiger partial charge in [-0.25, -0.2) is 14.4 Å². The van der Waals surface area contributed by atoms with Crippen molar-refractivity contribution in [1.29, 1.82) is 0 Å². The van der Waals surface area contributed by atoms with Crippen LogP contribution >= 0.6 is 0 Å². The van der Waals surface area contributed by atoms with Gasteiger partial charge in [0.25, 0.3) is 5.91 Å². The Morgan fingerprint density at radius 2 is 1.97 bits per heavy atom. The van der Waals surface area contributed by atoms with Crippen molar-refractivity contribution < 1.29 is 13.9 Å². The third-order valence-corrected chi connectivity index (χ3v) is 6.84. The number of carbonyl (C=O) groups is 1. The van der Waals surface area contributed by atoms with Gasteiger partial charge in [-0.2, -0.15) is 0 Å². The average molecular weight is 473 g/mol. The fourth-order valence-corrected chi connectivity index (χ4v) is 4.89. The van der Waals surface area contributed by atoms with E-state index in [4.69, 9.17) is 4.74 Å². The van der Waals surface area contributed by atoms with Gasteiger partial charge in [0.05, 0.1) is 36.4 Å². The first-order valence-corrected chi connectivity index (χ1v) is 11.7. The van der Waals surface area contributed by atoms with Gasteiger partial charge in [0.1, 0.15) is 17.3 Å². The smallest absolute Gasteiger partial charge is 0.254 e. The topological polar surface area (TPSA) is 83.8 Å². The minimum absolute atomic E-state index is 0.137. The predicted octanol–water partition coefficient (Wildman–Crippen LogP) is 3.92. The van der Waals surface area contributed by atoms with Crippen LogP contribution in [0.15, 0.2) is 55.0 Å². The number of nitrogens with zero attached hydrogens (tertiary/aromatic N) is 4. The molecule has 6 rings (SSSR count). The van der Waals surface area contributed by atoms with E-state index in [1.54, 1.807) is 12.4 Å². The highest BCUT2D eigenvalue weighted by Gasteiger charge is 2.27. The van der Waals surface area contributed by atoms with E-state index in [0.29, 0.717) is 29.3 Å². The molecule has 4 aromatic rings. The third kappa shape index (κ3) is 3.92. The highest BCUT2D eigenvalue weighted by molar-refractivity contribution is 6.06. The summed E-state index contributed by atoms with van der Waals surface area (Å²) < 4.78 is 20.9. The Morgan fingerprint density at radius 3 is 2.77 bits per heavy atom. The molecule has 1 atom stereocenters. The highest BCUT2D eigenvalue weighted by Crippen LogP contribution is 2.35. The molecule has 1 aromatic carbocycles. The number of benzene rings is 1. The lowest BCUT2D eigenvalue weighted by atomic mass is 9.99. The number of hydrogen-bond donors (Lipinski definition) is 2. The maximum atomic E-state index is 13.6. The molecule has 2 N–H and O–H groups in total. The number of amides is 1. The van der Waals surface area contributed by atoms with Gasteiger partial charge in [-0.1, -0.05) is 12.1 Å². The number of imidazole rings is 1. The number of anilines is 2. The highest BCUT2D eigenvalue weighted by atomic mass is 19.1. The minimum atomic E-state index is -0.339. The molecule has 1 saturated heterocycles. The number of nitrogens with one attached hydrogen (secondary N) is 2. The van der Waals surface area contributed by atoms with Gasteiger partial charge in [0.2, 0.25) is 0 Å². The van der Waals surface area contributed by atoms with E-state index in [1.807, 2.05) is 28.8 Å². The number of halogens is 1. The van der Waals surface area contributed by atoms with Gasteiger partial charge in [-0.15, -0.1) is 0 Å². The maximum absolute atomic E-state index is 13.6. The standard InChI is InChI=1S/C26H25FN6O2/c1-16(32-8-10-35-11-9-32)17-2-5-23(28-13-17)31-21-4-3-19(20-14-30-26(34)25(20)21)22-15-29-24-12-18(27)6-7-33(22)24/h2-7,12-13,15-16H,8-11,14H2,1H3,(H,28,31)(H,30,34)/t16-/m1/s1. The van der Waals surface area contributed by atoms with Crippen molar-refractivity contribution in [3.63, 3.8) is 0 Å². The summed E-state index contributed by atoms with van der Waals surface area (Å²) in [6, 6.07) is 10.9. The molecule has 2 aliphatic rings. The van der Waals surface area contributed by atoms with Crippen LogP contribution < -0.4 is 10.6 Å². The quantitative estimate of drug-likeness (QED) is 0.458. The van der Waals surface area contributed by atoms with E-state index in [0.717, 1.165) is 48.7 Å². The van der Waals surface area contributed by atoms with Crippen LogP contribution in [0.25, 0.3) is 16.9 Å². The lowest BCUT2D eigenvalue weighted by Crippen LogP contribution is -2.38. The molecule has 0 unspecified atom stereocenters. The molecule has 0 bridgehead atoms. The normalized spacial score (nSPS) is 16.8. The van der Waals surface area contributed by atoms with Crippen molar-refractivity contribution in [2.75, 3.05) is 31.6 Å². The summed E-state index contributed by atoms with van der Waals surface area (Å²) in [6.45, 7) is 5.93. The van der Waals surface area contributed by atoms with E-state index in [9.17, 15) is 9.18 Å². The zero-order valence-electron chi connectivity index (χ0n) is 19.3. The summed E-state index contributed by atoms with van der Waals surface area (Å²) in [5.74, 6) is 0.193. The number of aromatic nitrogens is 3. The van der Waals surface area contributed by atoms with E-state index >= 15 is 0 Å². The van der Waals surface area contributed by atoms with Gasteiger partial charge >= 0.3 is 0 Å². The number of fused-ring (bicyclic) bond motifs is 2. The first-order valence-electron chi connectivity index (χ1n) is 11.7. The summed E-state index contributed by atoms with van der Waals surface area (Å²) in [4.78, 5) is 24.1. The number of pyridine rings is 2. The summed E-state index contributed by atoms with van der Waals surface area (Å²) in [5, 5.41) is 6.25. The SMILES string of the molecule is C[C@H](c1ccc(Nc2ccc(-c3cnc4cc(F)ccn34)c3c2C(=O)NC3)nc1)N1CCOCC1. The third-order valence-electron chi connectivity index (χ3n) is 6.84. The van der Waals surface area contributed by atoms with Crippen molar-refractivity contribution in [3.05, 3.63) is 77.5 Å². The summed E-state index contributed by atoms with van der Waals surface area (Å²) in [6.07, 6.45) is 5.24. The Kier molecular flexibility index (Phi) is 5.43. The van der Waals surface area contributed by atoms with Crippen LogP contribution in [-0.2, 0) is 11.3 Å². The largest absolute Gasteiger partial charge is 0.379 e. The Morgan fingerprint density at radius 1 is 1.11 bits per heavy atom. The zero-order chi connectivity index (χ0) is 23.9. The number of hydrogen-bond acceptors (Lipinski definition) is 6. The summed E-state index contributed by atoms with van der Waals surface area (Å²) >= 11 is 0. The maximum Gasteiger partial charge on any atom is 0.254 e. The molecule has 8 nitrogen and oxygen atoms in total. The monoisotopic (exact) mass is 472 g/mol. The minimum Gasteiger partial charge on any atom is -0.379 e. The van der Waals surface area contributed by atoms with Gasteiger partial charge in [-0.3, -0.25) is 14.1 Å². The number of rotatable bonds is 5. The Labute approximate surface area is 201 Å². The van der Waals surface area contributed by atoms with Crippen molar-refractivity contribution in [3.8, 4) is 11.3 Å². The molecule has 1 fully saturated rings. The van der Waals surface area contributed by atoms with Crippen LogP contribution in [0.3, 0.4) is 0 Å². The van der Waals surface area contributed by atoms with Crippen molar-refractivity contribution in [1.82, 2.24) is 24.6 Å². The van der Waals surface area contributed by atoms with Gasteiger partial charge in [0.15, 0.2) is 0 Å². The van der Waals surface area contributed by atoms with Gasteiger partial charge in [0, 0.05) is 49.7 Å². The molecule has 1 amide bonds. The molecule has 35 heavy (non-hydrogen) atoms. The predicted molar refractivity (Wildman–Crippen MR) is 130 cm³/mol. The summed E-state index contributed by atoms with van der Waals surface area (Å²) in [5.41, 5.74) is 5.50. The zero-order valence-corrected chi connectivity index (χ0v) is 19.3. The first kappa shape index (κ1) is 21.7. The lowest BCUT2D eigenvalue weighted by Gasteiger charge is -2.32. The Hall–Kier alpha value is -3.82. The van der Waals surface area contributed by atoms with Crippen LogP contribution in [0.2, 0.25) is 0 Å². The second-order valence-corrected chi connectivity index (χ2v) is 8.84. The van der Waals surface area contributed by atoms with Gasteiger partial charge < -0.3 is 15.4 Å². The second kappa shape index (κ2) is 8.75. The molecule has 0 aliphatic carbocycles. The van der Waals surface area contributed by atoms with Gasteiger partial charge in [-0.05, 0) is 36.2 Å². The van der Waals surface area contributed by atoms with E-state index in [1.165, 1.54) is 12.1 Å². The lowest BCUT2D eigenvalue weighted by molar-refractivity contribution is 0.0198. The molecule has 0 radical (unpaired) electrons. The second-order valence-electron chi connectivity index (χ2n) is 8.84. The molecule has 5 heterocycles. The summed E-state index contributed by atoms with van der Waals surface area (Å²) in [7, 11) is 0. The Bertz CT molecular complexity index is 1410. The number of carbonyl (C=O) groups excluding carboxylic acids is 1. The number of ether oxygens (including phenoxy) is 1. The van der Waals surface area contributed by atoms with Crippen LogP contribution in [0.1, 0.15) is 34.5 Å². The molecular formula is C26H25FN6O2. The van der Waals surface area contributed by atoms with Crippen LogP contribution in [0.4, 0.5) is 15.9 Å². The van der Waals surface area contributed by atoms with Crippen molar-refractivity contribution in [2.24, 2.45) is 0 Å². The van der Waals surface area contributed by atoms with E-state index < -0.39 is 0 Å².